The number of carbonyl (C=O) groups excluding carboxylic acids is 1. The zero-order chi connectivity index (χ0) is 19.9. The Morgan fingerprint density at radius 1 is 1.31 bits per heavy atom. The first kappa shape index (κ1) is 19.7. The first-order chi connectivity index (χ1) is 11.8. The van der Waals surface area contributed by atoms with Crippen molar-refractivity contribution in [2.45, 2.75) is 37.6 Å². The average molecular weight is 381 g/mol. The Morgan fingerprint density at radius 3 is 2.31 bits per heavy atom. The van der Waals surface area contributed by atoms with Gasteiger partial charge in [-0.1, -0.05) is 12.1 Å². The predicted molar refractivity (Wildman–Crippen MR) is 77.3 cm³/mol. The minimum atomic E-state index is -6.10. The number of hydrazone groups is 1. The van der Waals surface area contributed by atoms with Crippen LogP contribution in [0.4, 0.5) is 27.6 Å². The highest BCUT2D eigenvalue weighted by atomic mass is 19.4. The summed E-state index contributed by atoms with van der Waals surface area (Å²) < 4.78 is 65.6. The third-order valence-corrected chi connectivity index (χ3v) is 3.72. The van der Waals surface area contributed by atoms with Crippen LogP contribution < -0.4 is 0 Å². The molecule has 1 atom stereocenters. The van der Waals surface area contributed by atoms with Gasteiger partial charge in [-0.05, 0) is 12.5 Å². The van der Waals surface area contributed by atoms with E-state index in [1.165, 1.54) is 0 Å². The molecule has 0 unspecified atom stereocenters. The number of amides is 1. The summed E-state index contributed by atoms with van der Waals surface area (Å²) in [7, 11) is 0. The fourth-order valence-electron chi connectivity index (χ4n) is 2.44. The van der Waals surface area contributed by atoms with Crippen molar-refractivity contribution in [3.05, 3.63) is 39.9 Å². The number of non-ortho nitro benzene ring substituents is 1. The van der Waals surface area contributed by atoms with E-state index < -0.39 is 41.5 Å². The molecule has 0 radical (unpaired) electrons. The molecule has 1 aliphatic heterocycles. The third-order valence-electron chi connectivity index (χ3n) is 3.72. The quantitative estimate of drug-likeness (QED) is 0.493. The Labute approximate surface area is 142 Å². The molecule has 7 nitrogen and oxygen atoms in total. The third kappa shape index (κ3) is 3.23. The molecular formula is C14H12F5N3O4. The Balaban J connectivity index is 2.29. The highest BCUT2D eigenvalue weighted by Crippen LogP contribution is 2.48. The molecule has 1 N–H and O–H groups in total. The van der Waals surface area contributed by atoms with Crippen LogP contribution in [0.5, 0.6) is 0 Å². The monoisotopic (exact) mass is 381 g/mol. The van der Waals surface area contributed by atoms with Gasteiger partial charge in [-0.25, -0.2) is 0 Å². The van der Waals surface area contributed by atoms with Crippen molar-refractivity contribution in [1.29, 1.82) is 0 Å². The second-order valence-corrected chi connectivity index (χ2v) is 5.71. The van der Waals surface area contributed by atoms with Crippen LogP contribution in [0.1, 0.15) is 18.9 Å². The number of hydrogen-bond acceptors (Lipinski definition) is 5. The molecule has 1 aromatic carbocycles. The van der Waals surface area contributed by atoms with Gasteiger partial charge in [-0.15, -0.1) is 0 Å². The molecule has 1 heterocycles. The summed E-state index contributed by atoms with van der Waals surface area (Å²) in [5, 5.41) is 23.6. The molecule has 1 aliphatic rings. The number of nitrogens with zero attached hydrogens (tertiary/aromatic N) is 3. The van der Waals surface area contributed by atoms with Crippen LogP contribution >= 0.6 is 0 Å². The van der Waals surface area contributed by atoms with E-state index in [1.807, 2.05) is 0 Å². The van der Waals surface area contributed by atoms with Crippen LogP contribution in [0.3, 0.4) is 0 Å². The van der Waals surface area contributed by atoms with Crippen LogP contribution in [0, 0.1) is 10.1 Å². The van der Waals surface area contributed by atoms with Crippen LogP contribution in [0.15, 0.2) is 29.4 Å². The van der Waals surface area contributed by atoms with Crippen molar-refractivity contribution >= 4 is 17.3 Å². The molecule has 142 valence electrons. The van der Waals surface area contributed by atoms with E-state index in [0.717, 1.165) is 31.2 Å². The lowest BCUT2D eigenvalue weighted by Crippen LogP contribution is -2.64. The normalized spacial score (nSPS) is 20.9. The van der Waals surface area contributed by atoms with E-state index in [1.54, 1.807) is 0 Å². The number of carbonyl (C=O) groups is 1. The van der Waals surface area contributed by atoms with Crippen LogP contribution in [-0.4, -0.2) is 44.5 Å². The van der Waals surface area contributed by atoms with E-state index in [4.69, 9.17) is 0 Å². The Bertz CT molecular complexity index is 763. The van der Waals surface area contributed by atoms with E-state index in [2.05, 4.69) is 5.10 Å². The van der Waals surface area contributed by atoms with E-state index >= 15 is 0 Å². The summed E-state index contributed by atoms with van der Waals surface area (Å²) >= 11 is 0. The van der Waals surface area contributed by atoms with Gasteiger partial charge < -0.3 is 5.11 Å². The van der Waals surface area contributed by atoms with Gasteiger partial charge in [0.15, 0.2) is 0 Å². The Kier molecular flexibility index (Phi) is 4.75. The first-order valence-electron chi connectivity index (χ1n) is 7.07. The molecule has 0 saturated heterocycles. The predicted octanol–water partition coefficient (Wildman–Crippen LogP) is 2.63. The van der Waals surface area contributed by atoms with Crippen LogP contribution in [-0.2, 0) is 11.2 Å². The Morgan fingerprint density at radius 2 is 1.85 bits per heavy atom. The number of halogens is 5. The molecule has 1 aromatic rings. The lowest BCUT2D eigenvalue weighted by molar-refractivity contribution is -0.384. The molecular weight excluding hydrogens is 369 g/mol. The van der Waals surface area contributed by atoms with Crippen molar-refractivity contribution in [1.82, 2.24) is 5.01 Å². The molecule has 26 heavy (non-hydrogen) atoms. The van der Waals surface area contributed by atoms with E-state index in [9.17, 15) is 42.0 Å². The second-order valence-electron chi connectivity index (χ2n) is 5.71. The minimum absolute atomic E-state index is 0.109. The topological polar surface area (TPSA) is 96.0 Å². The number of hydrogen-bond donors (Lipinski definition) is 1. The molecule has 0 spiro atoms. The standard InChI is InChI=1S/C14H12F5N3O4/c1-8-7-12(24,13(15,16)14(17,18)19)21(20-8)11(23)6-9-2-4-10(5-3-9)22(25)26/h2-5,24H,6-7H2,1H3/t12-/m0/s1. The van der Waals surface area contributed by atoms with Crippen LogP contribution in [0.25, 0.3) is 0 Å². The fourth-order valence-corrected chi connectivity index (χ4v) is 2.44. The zero-order valence-electron chi connectivity index (χ0n) is 13.1. The largest absolute Gasteiger partial charge is 0.458 e. The lowest BCUT2D eigenvalue weighted by atomic mass is 9.98. The minimum Gasteiger partial charge on any atom is -0.364 e. The lowest BCUT2D eigenvalue weighted by Gasteiger charge is -2.38. The molecule has 12 heteroatoms. The SMILES string of the molecule is CC1=NN(C(=O)Cc2ccc([N+](=O)[O-])cc2)[C@@](O)(C(F)(F)C(F)(F)F)C1. The van der Waals surface area contributed by atoms with Gasteiger partial charge in [0, 0.05) is 24.3 Å². The number of aliphatic hydroxyl groups is 1. The van der Waals surface area contributed by atoms with E-state index in [0.29, 0.717) is 0 Å². The first-order valence-corrected chi connectivity index (χ1v) is 7.07. The van der Waals surface area contributed by atoms with Crippen molar-refractivity contribution in [3.8, 4) is 0 Å². The second kappa shape index (κ2) is 6.27. The summed E-state index contributed by atoms with van der Waals surface area (Å²) in [5.74, 6) is -6.94. The summed E-state index contributed by atoms with van der Waals surface area (Å²) in [6, 6.07) is 4.36. The van der Waals surface area contributed by atoms with Crippen molar-refractivity contribution in [2.24, 2.45) is 5.10 Å². The maximum absolute atomic E-state index is 13.8. The molecule has 0 aromatic heterocycles. The van der Waals surface area contributed by atoms with E-state index in [-0.39, 0.29) is 22.0 Å². The molecule has 0 bridgehead atoms. The molecule has 0 saturated carbocycles. The molecule has 0 aliphatic carbocycles. The van der Waals surface area contributed by atoms with Crippen molar-refractivity contribution in [2.75, 3.05) is 0 Å². The highest BCUT2D eigenvalue weighted by Gasteiger charge is 2.74. The van der Waals surface area contributed by atoms with Crippen molar-refractivity contribution in [3.63, 3.8) is 0 Å². The summed E-state index contributed by atoms with van der Waals surface area (Å²) in [5.41, 5.74) is -4.35. The molecule has 2 rings (SSSR count). The van der Waals surface area contributed by atoms with Gasteiger partial charge in [0.05, 0.1) is 11.3 Å². The van der Waals surface area contributed by atoms with Gasteiger partial charge >= 0.3 is 12.1 Å². The van der Waals surface area contributed by atoms with Gasteiger partial charge in [-0.3, -0.25) is 14.9 Å². The van der Waals surface area contributed by atoms with Crippen molar-refractivity contribution < 1.29 is 36.8 Å². The summed E-state index contributed by atoms with van der Waals surface area (Å²) in [4.78, 5) is 22.0. The number of benzene rings is 1. The fraction of sp³-hybridized carbons (Fsp3) is 0.429. The summed E-state index contributed by atoms with van der Waals surface area (Å²) in [6.45, 7) is 1.09. The molecule has 0 fully saturated rings. The van der Waals surface area contributed by atoms with Gasteiger partial charge in [0.2, 0.25) is 11.6 Å². The Hall–Kier alpha value is -2.63. The number of rotatable bonds is 4. The average Bonchev–Trinajstić information content (AvgIpc) is 2.83. The maximum atomic E-state index is 13.8. The smallest absolute Gasteiger partial charge is 0.364 e. The van der Waals surface area contributed by atoms with Crippen LogP contribution in [0.2, 0.25) is 0 Å². The van der Waals surface area contributed by atoms with Gasteiger partial charge in [0.1, 0.15) is 0 Å². The van der Waals surface area contributed by atoms with Gasteiger partial charge in [-0.2, -0.15) is 32.1 Å². The maximum Gasteiger partial charge on any atom is 0.458 e. The number of alkyl halides is 5. The molecule has 1 amide bonds. The highest BCUT2D eigenvalue weighted by molar-refractivity contribution is 5.89. The number of nitro groups is 1. The number of nitro benzene ring substituents is 1. The summed E-state index contributed by atoms with van der Waals surface area (Å²) in [6.07, 6.45) is -7.97. The zero-order valence-corrected chi connectivity index (χ0v) is 13.1. The van der Waals surface area contributed by atoms with Gasteiger partial charge in [0.25, 0.3) is 5.69 Å².